The molecule has 0 spiro atoms. The topological polar surface area (TPSA) is 52.3 Å². The van der Waals surface area contributed by atoms with Gasteiger partial charge in [-0.1, -0.05) is 12.1 Å². The van der Waals surface area contributed by atoms with Gasteiger partial charge in [-0.3, -0.25) is 0 Å². The van der Waals surface area contributed by atoms with E-state index in [1.807, 2.05) is 0 Å². The van der Waals surface area contributed by atoms with E-state index in [0.29, 0.717) is 5.56 Å². The average molecular weight is 342 g/mol. The van der Waals surface area contributed by atoms with Crippen LogP contribution < -0.4 is 5.73 Å². The van der Waals surface area contributed by atoms with Crippen LogP contribution in [0.2, 0.25) is 0 Å². The van der Waals surface area contributed by atoms with Gasteiger partial charge in [0, 0.05) is 4.47 Å². The van der Waals surface area contributed by atoms with Crippen LogP contribution in [0.4, 0.5) is 14.5 Å². The fourth-order valence-electron chi connectivity index (χ4n) is 1.58. The van der Waals surface area contributed by atoms with E-state index in [1.54, 1.807) is 6.07 Å². The minimum Gasteiger partial charge on any atom is -0.457 e. The lowest BCUT2D eigenvalue weighted by Gasteiger charge is -2.08. The zero-order valence-electron chi connectivity index (χ0n) is 10.2. The van der Waals surface area contributed by atoms with Gasteiger partial charge in [-0.15, -0.1) is 0 Å². The van der Waals surface area contributed by atoms with E-state index in [9.17, 15) is 13.6 Å². The van der Waals surface area contributed by atoms with E-state index in [2.05, 4.69) is 15.9 Å². The lowest BCUT2D eigenvalue weighted by atomic mass is 10.2. The summed E-state index contributed by atoms with van der Waals surface area (Å²) in [6.45, 7) is -0.0830. The van der Waals surface area contributed by atoms with Crippen LogP contribution in [0.25, 0.3) is 0 Å². The predicted octanol–water partition coefficient (Wildman–Crippen LogP) is 3.67. The van der Waals surface area contributed by atoms with Crippen LogP contribution in [0.5, 0.6) is 0 Å². The Morgan fingerprint density at radius 3 is 2.70 bits per heavy atom. The molecular weight excluding hydrogens is 332 g/mol. The number of anilines is 1. The summed E-state index contributed by atoms with van der Waals surface area (Å²) in [6, 6.07) is 7.99. The summed E-state index contributed by atoms with van der Waals surface area (Å²) in [5.41, 5.74) is 5.88. The molecule has 0 heterocycles. The maximum absolute atomic E-state index is 13.2. The summed E-state index contributed by atoms with van der Waals surface area (Å²) in [5, 5.41) is 0. The normalized spacial score (nSPS) is 10.3. The van der Waals surface area contributed by atoms with Gasteiger partial charge in [0.2, 0.25) is 0 Å². The molecule has 0 radical (unpaired) electrons. The highest BCUT2D eigenvalue weighted by atomic mass is 79.9. The smallest absolute Gasteiger partial charge is 0.339 e. The molecular formula is C14H10BrF2NO2. The summed E-state index contributed by atoms with van der Waals surface area (Å²) < 4.78 is 31.4. The van der Waals surface area contributed by atoms with E-state index in [4.69, 9.17) is 10.5 Å². The highest BCUT2D eigenvalue weighted by Crippen LogP contribution is 2.23. The fraction of sp³-hybridized carbons (Fsp3) is 0.0714. The summed E-state index contributed by atoms with van der Waals surface area (Å²) >= 11 is 3.06. The van der Waals surface area contributed by atoms with Gasteiger partial charge < -0.3 is 10.5 Å². The molecule has 0 amide bonds. The largest absolute Gasteiger partial charge is 0.457 e. The number of hydrogen-bond acceptors (Lipinski definition) is 3. The van der Waals surface area contributed by atoms with Gasteiger partial charge >= 0.3 is 5.97 Å². The number of benzene rings is 2. The third-order valence-corrected chi connectivity index (χ3v) is 3.22. The first-order valence-corrected chi connectivity index (χ1v) is 6.43. The third kappa shape index (κ3) is 3.33. The Hall–Kier alpha value is -1.95. The van der Waals surface area contributed by atoms with E-state index in [-0.39, 0.29) is 22.3 Å². The van der Waals surface area contributed by atoms with E-state index in [0.717, 1.165) is 6.07 Å². The molecule has 2 N–H and O–H groups in total. The van der Waals surface area contributed by atoms with Gasteiger partial charge in [-0.2, -0.15) is 0 Å². The molecule has 0 aliphatic rings. The molecule has 2 aromatic carbocycles. The first-order valence-electron chi connectivity index (χ1n) is 5.63. The lowest BCUT2D eigenvalue weighted by molar-refractivity contribution is 0.0471. The number of carbonyl (C=O) groups excluding carboxylic acids is 1. The molecule has 0 bridgehead atoms. The first kappa shape index (κ1) is 14.5. The van der Waals surface area contributed by atoms with Gasteiger partial charge in [0.05, 0.1) is 11.3 Å². The Balaban J connectivity index is 2.11. The number of nitrogen functional groups attached to an aromatic ring is 1. The summed E-state index contributed by atoms with van der Waals surface area (Å²) in [4.78, 5) is 11.9. The van der Waals surface area contributed by atoms with Crippen LogP contribution in [0.15, 0.2) is 40.9 Å². The van der Waals surface area contributed by atoms with E-state index >= 15 is 0 Å². The number of ether oxygens (including phenoxy) is 1. The van der Waals surface area contributed by atoms with Gasteiger partial charge in [0.25, 0.3) is 0 Å². The summed E-state index contributed by atoms with van der Waals surface area (Å²) in [6.07, 6.45) is 0. The molecule has 0 fully saturated rings. The van der Waals surface area contributed by atoms with Crippen LogP contribution in [0.3, 0.4) is 0 Å². The lowest BCUT2D eigenvalue weighted by Crippen LogP contribution is -2.07. The highest BCUT2D eigenvalue weighted by Gasteiger charge is 2.15. The van der Waals surface area contributed by atoms with Crippen LogP contribution >= 0.6 is 15.9 Å². The quantitative estimate of drug-likeness (QED) is 0.684. The standard InChI is InChI=1S/C14H10BrF2NO2/c15-11-6-12(17)13(18)5-10(11)14(19)20-7-8-2-1-3-9(16)4-8/h1-6H,7,18H2. The van der Waals surface area contributed by atoms with Crippen molar-refractivity contribution in [3.63, 3.8) is 0 Å². The van der Waals surface area contributed by atoms with Crippen LogP contribution in [0.1, 0.15) is 15.9 Å². The average Bonchev–Trinajstić information content (AvgIpc) is 2.40. The Morgan fingerprint density at radius 1 is 1.25 bits per heavy atom. The van der Waals surface area contributed by atoms with Gasteiger partial charge in [-0.05, 0) is 45.8 Å². The van der Waals surface area contributed by atoms with Gasteiger partial charge in [0.15, 0.2) is 0 Å². The molecule has 0 unspecified atom stereocenters. The number of hydrogen-bond donors (Lipinski definition) is 1. The zero-order valence-corrected chi connectivity index (χ0v) is 11.8. The molecule has 2 aromatic rings. The Labute approximate surface area is 122 Å². The van der Waals surface area contributed by atoms with Crippen molar-refractivity contribution in [3.05, 3.63) is 63.6 Å². The Kier molecular flexibility index (Phi) is 4.34. The second kappa shape index (κ2) is 6.00. The summed E-state index contributed by atoms with van der Waals surface area (Å²) in [5.74, 6) is -1.71. The molecule has 0 saturated heterocycles. The molecule has 104 valence electrons. The van der Waals surface area contributed by atoms with Crippen LogP contribution in [-0.4, -0.2) is 5.97 Å². The van der Waals surface area contributed by atoms with E-state index < -0.39 is 17.6 Å². The van der Waals surface area contributed by atoms with Crippen LogP contribution in [-0.2, 0) is 11.3 Å². The fourth-order valence-corrected chi connectivity index (χ4v) is 2.05. The third-order valence-electron chi connectivity index (χ3n) is 2.57. The van der Waals surface area contributed by atoms with Crippen molar-refractivity contribution < 1.29 is 18.3 Å². The second-order valence-corrected chi connectivity index (χ2v) is 4.91. The molecule has 0 aliphatic heterocycles. The minimum atomic E-state index is -0.673. The van der Waals surface area contributed by atoms with Crippen molar-refractivity contribution in [1.82, 2.24) is 0 Å². The molecule has 0 saturated carbocycles. The molecule has 0 aliphatic carbocycles. The zero-order chi connectivity index (χ0) is 14.7. The van der Waals surface area contributed by atoms with Crippen molar-refractivity contribution in [2.24, 2.45) is 0 Å². The molecule has 0 atom stereocenters. The maximum atomic E-state index is 13.2. The summed E-state index contributed by atoms with van der Waals surface area (Å²) in [7, 11) is 0. The SMILES string of the molecule is Nc1cc(C(=O)OCc2cccc(F)c2)c(Br)cc1F. The van der Waals surface area contributed by atoms with Crippen LogP contribution in [0, 0.1) is 11.6 Å². The molecule has 3 nitrogen and oxygen atoms in total. The second-order valence-electron chi connectivity index (χ2n) is 4.06. The van der Waals surface area contributed by atoms with Crippen molar-refractivity contribution >= 4 is 27.6 Å². The number of halogens is 3. The van der Waals surface area contributed by atoms with E-state index in [1.165, 1.54) is 24.3 Å². The number of carbonyl (C=O) groups is 1. The van der Waals surface area contributed by atoms with Crippen molar-refractivity contribution in [1.29, 1.82) is 0 Å². The molecule has 6 heteroatoms. The number of rotatable bonds is 3. The first-order chi connectivity index (χ1) is 9.47. The Bertz CT molecular complexity index is 662. The molecule has 0 aromatic heterocycles. The number of esters is 1. The van der Waals surface area contributed by atoms with Gasteiger partial charge in [0.1, 0.15) is 18.2 Å². The van der Waals surface area contributed by atoms with Crippen molar-refractivity contribution in [2.75, 3.05) is 5.73 Å². The monoisotopic (exact) mass is 341 g/mol. The number of nitrogens with two attached hydrogens (primary N) is 1. The molecule has 20 heavy (non-hydrogen) atoms. The minimum absolute atomic E-state index is 0.0830. The van der Waals surface area contributed by atoms with Crippen molar-refractivity contribution in [2.45, 2.75) is 6.61 Å². The predicted molar refractivity (Wildman–Crippen MR) is 74.0 cm³/mol. The highest BCUT2D eigenvalue weighted by molar-refractivity contribution is 9.10. The maximum Gasteiger partial charge on any atom is 0.339 e. The molecule has 2 rings (SSSR count). The van der Waals surface area contributed by atoms with Gasteiger partial charge in [-0.25, -0.2) is 13.6 Å². The van der Waals surface area contributed by atoms with Crippen molar-refractivity contribution in [3.8, 4) is 0 Å². The Morgan fingerprint density at radius 2 is 2.00 bits per heavy atom.